The Morgan fingerprint density at radius 2 is 1.92 bits per heavy atom. The molecule has 3 aliphatic rings. The minimum atomic E-state index is -3.75. The van der Waals surface area contributed by atoms with Gasteiger partial charge in [0.1, 0.15) is 24.1 Å². The molecule has 0 spiro atoms. The van der Waals surface area contributed by atoms with Crippen molar-refractivity contribution in [1.82, 2.24) is 5.32 Å². The minimum Gasteiger partial charge on any atom is -0.488 e. The van der Waals surface area contributed by atoms with E-state index in [2.05, 4.69) is 18.3 Å². The molecular weight excluding hydrogens is 510 g/mol. The average Bonchev–Trinajstić information content (AvgIpc) is 3.00. The van der Waals surface area contributed by atoms with Crippen molar-refractivity contribution in [3.63, 3.8) is 0 Å². The number of ether oxygens (including phenoxy) is 1. The first-order valence-electron chi connectivity index (χ1n) is 13.5. The van der Waals surface area contributed by atoms with E-state index in [0.717, 1.165) is 37.7 Å². The summed E-state index contributed by atoms with van der Waals surface area (Å²) < 4.78 is 33.6. The maximum Gasteiger partial charge on any atom is 0.309 e. The zero-order chi connectivity index (χ0) is 27.7. The van der Waals surface area contributed by atoms with E-state index >= 15 is 0 Å². The average molecular weight is 550 g/mol. The number of sulfone groups is 1. The van der Waals surface area contributed by atoms with Gasteiger partial charge in [-0.25, -0.2) is 8.42 Å². The van der Waals surface area contributed by atoms with Gasteiger partial charge in [-0.2, -0.15) is 0 Å². The summed E-state index contributed by atoms with van der Waals surface area (Å²) in [5.74, 6) is -2.55. The van der Waals surface area contributed by atoms with E-state index in [1.165, 1.54) is 6.07 Å². The van der Waals surface area contributed by atoms with Crippen molar-refractivity contribution in [3.05, 3.63) is 47.6 Å². The molecule has 2 aliphatic carbocycles. The van der Waals surface area contributed by atoms with Crippen molar-refractivity contribution in [2.45, 2.75) is 99.7 Å². The summed E-state index contributed by atoms with van der Waals surface area (Å²) in [6.45, 7) is 4.10. The van der Waals surface area contributed by atoms with Crippen LogP contribution in [0, 0.1) is 5.92 Å². The summed E-state index contributed by atoms with van der Waals surface area (Å²) in [5, 5.41) is 43.9. The van der Waals surface area contributed by atoms with Gasteiger partial charge in [0.2, 0.25) is 0 Å². The molecule has 1 fully saturated rings. The van der Waals surface area contributed by atoms with Crippen LogP contribution in [0.4, 0.5) is 0 Å². The zero-order valence-electron chi connectivity index (χ0n) is 21.9. The molecule has 1 aliphatic heterocycles. The van der Waals surface area contributed by atoms with E-state index in [1.807, 2.05) is 19.1 Å². The predicted molar refractivity (Wildman–Crippen MR) is 142 cm³/mol. The third-order valence-corrected chi connectivity index (χ3v) is 10.2. The molecular formula is C28H39NO8S. The van der Waals surface area contributed by atoms with E-state index in [-0.39, 0.29) is 28.9 Å². The van der Waals surface area contributed by atoms with Crippen LogP contribution < -0.4 is 10.1 Å². The standard InChI is InChI=1S/C28H39NO8S/c1-3-5-13-28(4-2)16-38(35,36)22-14-18(11-12-19(22)23(29-28)17-9-7-6-8-10-17)37-21-15-20(27(33)34)24(30)26(32)25(21)31/h6-7,9,11-12,14,20-21,23-26,29-32H,3-5,8,10,13,15-16H2,1-2H3,(H,33,34)/t20-,21+,23?,24+,25-,26-,28?/m0/s1. The number of carboxylic acid groups (broad SMARTS) is 1. The van der Waals surface area contributed by atoms with Gasteiger partial charge in [-0.3, -0.25) is 10.1 Å². The number of hydrogen-bond donors (Lipinski definition) is 5. The van der Waals surface area contributed by atoms with Crippen LogP contribution in [0.5, 0.6) is 5.75 Å². The quantitative estimate of drug-likeness (QED) is 0.329. The molecule has 210 valence electrons. The van der Waals surface area contributed by atoms with Gasteiger partial charge in [-0.15, -0.1) is 0 Å². The van der Waals surface area contributed by atoms with E-state index in [0.29, 0.717) is 12.0 Å². The van der Waals surface area contributed by atoms with E-state index in [9.17, 15) is 33.6 Å². The SMILES string of the molecule is CCCCC1(CC)CS(=O)(=O)c2cc(O[C@@H]3C[C@H](C(=O)O)[C@@H](O)[C@H](O)[C@H]3O)ccc2C(C2=CC=CCC2)N1. The van der Waals surface area contributed by atoms with Gasteiger partial charge in [0.15, 0.2) is 9.84 Å². The van der Waals surface area contributed by atoms with Gasteiger partial charge in [-0.05, 0) is 49.0 Å². The number of carbonyl (C=O) groups is 1. The highest BCUT2D eigenvalue weighted by atomic mass is 32.2. The van der Waals surface area contributed by atoms with Crippen LogP contribution in [0.1, 0.15) is 70.4 Å². The summed E-state index contributed by atoms with van der Waals surface area (Å²) in [4.78, 5) is 11.7. The molecule has 7 atom stereocenters. The fourth-order valence-electron chi connectivity index (χ4n) is 5.89. The second-order valence-electron chi connectivity index (χ2n) is 10.8. The summed E-state index contributed by atoms with van der Waals surface area (Å²) in [5.41, 5.74) is 1.14. The lowest BCUT2D eigenvalue weighted by Gasteiger charge is -2.38. The van der Waals surface area contributed by atoms with Crippen LogP contribution in [0.2, 0.25) is 0 Å². The third-order valence-electron chi connectivity index (χ3n) is 8.23. The molecule has 4 rings (SSSR count). The van der Waals surface area contributed by atoms with Gasteiger partial charge in [0.05, 0.1) is 28.7 Å². The number of allylic oxidation sites excluding steroid dienone is 3. The fraction of sp³-hybridized carbons (Fsp3) is 0.607. The van der Waals surface area contributed by atoms with Crippen LogP contribution >= 0.6 is 0 Å². The Morgan fingerprint density at radius 1 is 1.16 bits per heavy atom. The lowest BCUT2D eigenvalue weighted by molar-refractivity contribution is -0.174. The lowest BCUT2D eigenvalue weighted by atomic mass is 9.80. The summed E-state index contributed by atoms with van der Waals surface area (Å²) >= 11 is 0. The molecule has 1 heterocycles. The maximum absolute atomic E-state index is 13.9. The highest BCUT2D eigenvalue weighted by Gasteiger charge is 2.47. The van der Waals surface area contributed by atoms with Crippen molar-refractivity contribution in [2.24, 2.45) is 5.92 Å². The van der Waals surface area contributed by atoms with Crippen LogP contribution in [0.3, 0.4) is 0 Å². The highest BCUT2D eigenvalue weighted by molar-refractivity contribution is 7.91. The molecule has 1 saturated carbocycles. The first kappa shape index (κ1) is 28.8. The number of unbranched alkanes of at least 4 members (excludes halogenated alkanes) is 1. The van der Waals surface area contributed by atoms with Crippen LogP contribution in [-0.4, -0.2) is 70.5 Å². The molecule has 0 radical (unpaired) electrons. The summed E-state index contributed by atoms with van der Waals surface area (Å²) in [6, 6.07) is 4.49. The van der Waals surface area contributed by atoms with E-state index in [4.69, 9.17) is 4.74 Å². The normalized spacial score (nSPS) is 34.6. The molecule has 38 heavy (non-hydrogen) atoms. The molecule has 1 aromatic carbocycles. The number of fused-ring (bicyclic) bond motifs is 1. The lowest BCUT2D eigenvalue weighted by Crippen LogP contribution is -2.57. The number of rotatable bonds is 8. The summed E-state index contributed by atoms with van der Waals surface area (Å²) in [7, 11) is -3.75. The van der Waals surface area contributed by atoms with Crippen LogP contribution in [-0.2, 0) is 14.6 Å². The van der Waals surface area contributed by atoms with Crippen molar-refractivity contribution in [2.75, 3.05) is 5.75 Å². The Kier molecular flexibility index (Phi) is 8.68. The van der Waals surface area contributed by atoms with Gasteiger partial charge in [-0.1, -0.05) is 51.0 Å². The molecule has 0 saturated heterocycles. The first-order chi connectivity index (χ1) is 18.0. The number of aliphatic hydroxyl groups is 3. The van der Waals surface area contributed by atoms with Crippen molar-refractivity contribution in [3.8, 4) is 5.75 Å². The fourth-order valence-corrected chi connectivity index (χ4v) is 8.04. The smallest absolute Gasteiger partial charge is 0.309 e. The monoisotopic (exact) mass is 549 g/mol. The molecule has 0 aromatic heterocycles. The molecule has 1 aromatic rings. The number of benzene rings is 1. The second kappa shape index (κ2) is 11.5. The molecule has 0 bridgehead atoms. The Balaban J connectivity index is 1.74. The predicted octanol–water partition coefficient (Wildman–Crippen LogP) is 2.65. The number of aliphatic hydroxyl groups excluding tert-OH is 3. The van der Waals surface area contributed by atoms with Gasteiger partial charge in [0.25, 0.3) is 0 Å². The molecule has 5 N–H and O–H groups in total. The Hall–Kier alpha value is -2.24. The largest absolute Gasteiger partial charge is 0.488 e. The van der Waals surface area contributed by atoms with E-state index in [1.54, 1.807) is 12.1 Å². The van der Waals surface area contributed by atoms with Crippen molar-refractivity contribution in [1.29, 1.82) is 0 Å². The second-order valence-corrected chi connectivity index (χ2v) is 12.7. The number of aliphatic carboxylic acids is 1. The third kappa shape index (κ3) is 5.70. The maximum atomic E-state index is 13.9. The molecule has 9 nitrogen and oxygen atoms in total. The van der Waals surface area contributed by atoms with Crippen LogP contribution in [0.15, 0.2) is 46.9 Å². The van der Waals surface area contributed by atoms with Crippen molar-refractivity contribution >= 4 is 15.8 Å². The van der Waals surface area contributed by atoms with Crippen LogP contribution in [0.25, 0.3) is 0 Å². The summed E-state index contributed by atoms with van der Waals surface area (Å²) in [6.07, 6.45) is 4.78. The van der Waals surface area contributed by atoms with E-state index < -0.39 is 51.7 Å². The topological polar surface area (TPSA) is 153 Å². The molecule has 2 unspecified atom stereocenters. The highest BCUT2D eigenvalue weighted by Crippen LogP contribution is 2.41. The van der Waals surface area contributed by atoms with Crippen molar-refractivity contribution < 1.29 is 38.4 Å². The first-order valence-corrected chi connectivity index (χ1v) is 15.1. The molecule has 0 amide bonds. The number of hydrogen-bond acceptors (Lipinski definition) is 8. The number of nitrogens with one attached hydrogen (secondary N) is 1. The zero-order valence-corrected chi connectivity index (χ0v) is 22.7. The Bertz CT molecular complexity index is 1200. The molecule has 10 heteroatoms. The Morgan fingerprint density at radius 3 is 2.55 bits per heavy atom. The van der Waals surface area contributed by atoms with Gasteiger partial charge < -0.3 is 25.2 Å². The van der Waals surface area contributed by atoms with Gasteiger partial charge >= 0.3 is 5.97 Å². The number of carboxylic acids is 1. The van der Waals surface area contributed by atoms with Gasteiger partial charge in [0, 0.05) is 12.0 Å². The minimum absolute atomic E-state index is 0.0649. The Labute approximate surface area is 224 Å².